The normalized spacial score (nSPS) is 21.0. The van der Waals surface area contributed by atoms with Crippen LogP contribution in [-0.2, 0) is 13.0 Å². The van der Waals surface area contributed by atoms with Crippen molar-refractivity contribution >= 4 is 17.9 Å². The Morgan fingerprint density at radius 3 is 2.59 bits per heavy atom. The van der Waals surface area contributed by atoms with Crippen LogP contribution in [0.25, 0.3) is 0 Å². The molecule has 1 aliphatic heterocycles. The standard InChI is InChI=1S/C18H25ClN2O/c1-20(2)9-15-14(4-5-17(19)16(15)10-22)6-13-7-18(8-13)11-21(3)12-18/h4-5,10,13H,6-9,11-12H2,1-3H3. The summed E-state index contributed by atoms with van der Waals surface area (Å²) in [6, 6.07) is 4.00. The van der Waals surface area contributed by atoms with Crippen molar-refractivity contribution in [1.29, 1.82) is 0 Å². The zero-order chi connectivity index (χ0) is 15.9. The van der Waals surface area contributed by atoms with Crippen molar-refractivity contribution in [1.82, 2.24) is 9.80 Å². The first kappa shape index (κ1) is 16.0. The fraction of sp³-hybridized carbons (Fsp3) is 0.611. The van der Waals surface area contributed by atoms with E-state index in [4.69, 9.17) is 11.6 Å². The molecule has 1 heterocycles. The molecule has 0 unspecified atom stereocenters. The highest BCUT2D eigenvalue weighted by atomic mass is 35.5. The summed E-state index contributed by atoms with van der Waals surface area (Å²) in [7, 11) is 6.26. The maximum Gasteiger partial charge on any atom is 0.151 e. The third-order valence-electron chi connectivity index (χ3n) is 5.16. The van der Waals surface area contributed by atoms with E-state index in [1.165, 1.54) is 31.5 Å². The minimum atomic E-state index is 0.571. The van der Waals surface area contributed by atoms with E-state index in [2.05, 4.69) is 22.9 Å². The molecule has 0 atom stereocenters. The van der Waals surface area contributed by atoms with Crippen LogP contribution in [-0.4, -0.2) is 50.3 Å². The van der Waals surface area contributed by atoms with Gasteiger partial charge in [-0.25, -0.2) is 0 Å². The number of halogens is 1. The van der Waals surface area contributed by atoms with Gasteiger partial charge in [-0.1, -0.05) is 17.7 Å². The Bertz CT molecular complexity index is 571. The molecule has 1 aromatic rings. The number of benzene rings is 1. The molecule has 1 spiro atoms. The predicted molar refractivity (Wildman–Crippen MR) is 90.6 cm³/mol. The van der Waals surface area contributed by atoms with Gasteiger partial charge in [0, 0.05) is 25.2 Å². The third kappa shape index (κ3) is 2.94. The lowest BCUT2D eigenvalue weighted by Gasteiger charge is -2.58. The topological polar surface area (TPSA) is 23.6 Å². The molecular formula is C18H25ClN2O. The van der Waals surface area contributed by atoms with E-state index in [9.17, 15) is 4.79 Å². The second-order valence-corrected chi connectivity index (χ2v) is 8.01. The maximum absolute atomic E-state index is 11.4. The molecule has 4 heteroatoms. The monoisotopic (exact) mass is 320 g/mol. The number of carbonyl (C=O) groups excluding carboxylic acids is 1. The summed E-state index contributed by atoms with van der Waals surface area (Å²) in [5.41, 5.74) is 3.69. The summed E-state index contributed by atoms with van der Waals surface area (Å²) >= 11 is 6.21. The quantitative estimate of drug-likeness (QED) is 0.779. The SMILES string of the molecule is CN(C)Cc1c(CC2CC3(C2)CN(C)C3)ccc(Cl)c1C=O. The molecular weight excluding hydrogens is 296 g/mol. The van der Waals surface area contributed by atoms with Gasteiger partial charge in [-0.05, 0) is 68.9 Å². The second-order valence-electron chi connectivity index (χ2n) is 7.61. The number of likely N-dealkylation sites (tertiary alicyclic amines) is 1. The molecule has 1 aliphatic carbocycles. The van der Waals surface area contributed by atoms with E-state index >= 15 is 0 Å². The van der Waals surface area contributed by atoms with Gasteiger partial charge < -0.3 is 9.80 Å². The average Bonchev–Trinajstić information content (AvgIpc) is 2.37. The summed E-state index contributed by atoms with van der Waals surface area (Å²) in [4.78, 5) is 15.9. The van der Waals surface area contributed by atoms with E-state index < -0.39 is 0 Å². The van der Waals surface area contributed by atoms with E-state index in [0.717, 1.165) is 30.7 Å². The van der Waals surface area contributed by atoms with Crippen molar-refractivity contribution in [3.63, 3.8) is 0 Å². The predicted octanol–water partition coefficient (Wildman–Crippen LogP) is 3.10. The van der Waals surface area contributed by atoms with Gasteiger partial charge in [0.25, 0.3) is 0 Å². The molecule has 0 radical (unpaired) electrons. The molecule has 22 heavy (non-hydrogen) atoms. The zero-order valence-corrected chi connectivity index (χ0v) is 14.5. The summed E-state index contributed by atoms with van der Waals surface area (Å²) in [6.45, 7) is 3.28. The molecule has 0 N–H and O–H groups in total. The van der Waals surface area contributed by atoms with Crippen molar-refractivity contribution in [2.75, 3.05) is 34.2 Å². The van der Waals surface area contributed by atoms with Crippen LogP contribution in [0.2, 0.25) is 5.02 Å². The van der Waals surface area contributed by atoms with Crippen LogP contribution in [0.4, 0.5) is 0 Å². The number of hydrogen-bond acceptors (Lipinski definition) is 3. The largest absolute Gasteiger partial charge is 0.305 e. The highest BCUT2D eigenvalue weighted by molar-refractivity contribution is 6.33. The third-order valence-corrected chi connectivity index (χ3v) is 5.49. The van der Waals surface area contributed by atoms with Gasteiger partial charge in [0.15, 0.2) is 6.29 Å². The maximum atomic E-state index is 11.4. The summed E-state index contributed by atoms with van der Waals surface area (Å²) in [5.74, 6) is 0.760. The van der Waals surface area contributed by atoms with Crippen LogP contribution in [0, 0.1) is 11.3 Å². The smallest absolute Gasteiger partial charge is 0.151 e. The molecule has 0 aromatic heterocycles. The Kier molecular flexibility index (Phi) is 4.32. The van der Waals surface area contributed by atoms with Crippen LogP contribution >= 0.6 is 11.6 Å². The number of nitrogens with zero attached hydrogens (tertiary/aromatic N) is 2. The lowest BCUT2D eigenvalue weighted by molar-refractivity contribution is -0.0810. The van der Waals surface area contributed by atoms with Gasteiger partial charge in [-0.2, -0.15) is 0 Å². The summed E-state index contributed by atoms with van der Waals surface area (Å²) in [6.07, 6.45) is 4.65. The van der Waals surface area contributed by atoms with Gasteiger partial charge in [0.1, 0.15) is 0 Å². The Labute approximate surface area is 138 Å². The Morgan fingerprint density at radius 2 is 2.05 bits per heavy atom. The molecule has 0 bridgehead atoms. The van der Waals surface area contributed by atoms with Gasteiger partial charge in [-0.3, -0.25) is 4.79 Å². The van der Waals surface area contributed by atoms with Crippen molar-refractivity contribution in [3.8, 4) is 0 Å². The number of aldehydes is 1. The van der Waals surface area contributed by atoms with Gasteiger partial charge in [0.05, 0.1) is 5.02 Å². The molecule has 120 valence electrons. The van der Waals surface area contributed by atoms with Gasteiger partial charge in [-0.15, -0.1) is 0 Å². The first-order chi connectivity index (χ1) is 10.4. The average molecular weight is 321 g/mol. The Balaban J connectivity index is 1.74. The lowest BCUT2D eigenvalue weighted by atomic mass is 9.56. The molecule has 2 fully saturated rings. The van der Waals surface area contributed by atoms with Crippen LogP contribution in [0.3, 0.4) is 0 Å². The first-order valence-electron chi connectivity index (χ1n) is 8.01. The molecule has 1 saturated carbocycles. The zero-order valence-electron chi connectivity index (χ0n) is 13.7. The summed E-state index contributed by atoms with van der Waals surface area (Å²) < 4.78 is 0. The number of carbonyl (C=O) groups is 1. The van der Waals surface area contributed by atoms with Gasteiger partial charge in [0.2, 0.25) is 0 Å². The van der Waals surface area contributed by atoms with Crippen molar-refractivity contribution in [3.05, 3.63) is 33.8 Å². The number of rotatable bonds is 5. The fourth-order valence-corrected chi connectivity index (χ4v) is 4.70. The molecule has 1 aromatic carbocycles. The highest BCUT2D eigenvalue weighted by Gasteiger charge is 2.50. The van der Waals surface area contributed by atoms with Crippen molar-refractivity contribution in [2.45, 2.75) is 25.8 Å². The Hall–Kier alpha value is -0.900. The van der Waals surface area contributed by atoms with Crippen LogP contribution in [0.5, 0.6) is 0 Å². The van der Waals surface area contributed by atoms with Crippen LogP contribution in [0.15, 0.2) is 12.1 Å². The molecule has 2 aliphatic rings. The number of hydrogen-bond donors (Lipinski definition) is 0. The lowest BCUT2D eigenvalue weighted by Crippen LogP contribution is -2.60. The van der Waals surface area contributed by atoms with E-state index in [-0.39, 0.29) is 0 Å². The summed E-state index contributed by atoms with van der Waals surface area (Å²) in [5, 5.41) is 0.571. The molecule has 1 saturated heterocycles. The highest BCUT2D eigenvalue weighted by Crippen LogP contribution is 2.52. The van der Waals surface area contributed by atoms with Crippen LogP contribution < -0.4 is 0 Å². The van der Waals surface area contributed by atoms with E-state index in [0.29, 0.717) is 16.0 Å². The molecule has 0 amide bonds. The first-order valence-corrected chi connectivity index (χ1v) is 8.39. The van der Waals surface area contributed by atoms with Gasteiger partial charge >= 0.3 is 0 Å². The fourth-order valence-electron chi connectivity index (χ4n) is 4.48. The Morgan fingerprint density at radius 1 is 1.36 bits per heavy atom. The van der Waals surface area contributed by atoms with Crippen molar-refractivity contribution < 1.29 is 4.79 Å². The van der Waals surface area contributed by atoms with E-state index in [1.54, 1.807) is 0 Å². The van der Waals surface area contributed by atoms with Crippen LogP contribution in [0.1, 0.15) is 34.3 Å². The second kappa shape index (κ2) is 5.95. The minimum Gasteiger partial charge on any atom is -0.305 e. The molecule has 3 rings (SSSR count). The molecule has 3 nitrogen and oxygen atoms in total. The van der Waals surface area contributed by atoms with Crippen molar-refractivity contribution in [2.24, 2.45) is 11.3 Å². The van der Waals surface area contributed by atoms with E-state index in [1.807, 2.05) is 20.2 Å². The minimum absolute atomic E-state index is 0.571.